The maximum atomic E-state index is 14.3. The van der Waals surface area contributed by atoms with E-state index in [1.54, 1.807) is 20.8 Å². The second-order valence-electron chi connectivity index (χ2n) is 6.85. The van der Waals surface area contributed by atoms with Crippen molar-refractivity contribution in [3.8, 4) is 17.2 Å². The van der Waals surface area contributed by atoms with Crippen LogP contribution in [0.15, 0.2) is 30.3 Å². The summed E-state index contributed by atoms with van der Waals surface area (Å²) in [5.74, 6) is -1.49. The molecule has 0 aromatic heterocycles. The summed E-state index contributed by atoms with van der Waals surface area (Å²) in [5, 5.41) is 2.04. The van der Waals surface area contributed by atoms with Crippen LogP contribution in [0, 0.1) is 5.82 Å². The molecule has 0 heterocycles. The molecule has 0 atom stereocenters. The van der Waals surface area contributed by atoms with Crippen molar-refractivity contribution in [2.45, 2.75) is 32.5 Å². The van der Waals surface area contributed by atoms with Crippen molar-refractivity contribution < 1.29 is 36.6 Å². The number of ether oxygens (including phenoxy) is 3. The standard InChI is InChI=1S/C19H18ClF4NO4/c1-18(2,3)29-17(26)25-13-9-15(12(21)8-16(13)27-4)28-14-6-5-10(7-11(14)20)19(22,23)24/h5-9H,1-4H3,(H,25,26). The zero-order chi connectivity index (χ0) is 22.0. The molecule has 0 unspecified atom stereocenters. The van der Waals surface area contributed by atoms with Gasteiger partial charge in [-0.2, -0.15) is 13.2 Å². The normalized spacial score (nSPS) is 11.8. The van der Waals surface area contributed by atoms with E-state index in [2.05, 4.69) is 5.32 Å². The third-order valence-corrected chi connectivity index (χ3v) is 3.66. The summed E-state index contributed by atoms with van der Waals surface area (Å²) in [4.78, 5) is 12.0. The zero-order valence-electron chi connectivity index (χ0n) is 15.9. The van der Waals surface area contributed by atoms with Crippen molar-refractivity contribution in [3.05, 3.63) is 46.7 Å². The first-order chi connectivity index (χ1) is 13.3. The van der Waals surface area contributed by atoms with Gasteiger partial charge in [0.15, 0.2) is 11.6 Å². The largest absolute Gasteiger partial charge is 0.494 e. The molecule has 2 aromatic carbocycles. The maximum Gasteiger partial charge on any atom is 0.416 e. The molecule has 0 radical (unpaired) electrons. The summed E-state index contributed by atoms with van der Waals surface area (Å²) in [6.45, 7) is 4.99. The van der Waals surface area contributed by atoms with Gasteiger partial charge in [0.1, 0.15) is 17.1 Å². The van der Waals surface area contributed by atoms with Gasteiger partial charge in [0.2, 0.25) is 0 Å². The Morgan fingerprint density at radius 3 is 2.21 bits per heavy atom. The molecular formula is C19H18ClF4NO4. The Balaban J connectivity index is 2.33. The maximum absolute atomic E-state index is 14.3. The monoisotopic (exact) mass is 435 g/mol. The number of rotatable bonds is 4. The number of amides is 1. The highest BCUT2D eigenvalue weighted by molar-refractivity contribution is 6.32. The molecule has 29 heavy (non-hydrogen) atoms. The highest BCUT2D eigenvalue weighted by atomic mass is 35.5. The van der Waals surface area contributed by atoms with Crippen molar-refractivity contribution >= 4 is 23.4 Å². The van der Waals surface area contributed by atoms with Gasteiger partial charge in [0.05, 0.1) is 23.4 Å². The lowest BCUT2D eigenvalue weighted by molar-refractivity contribution is -0.137. The van der Waals surface area contributed by atoms with E-state index in [-0.39, 0.29) is 22.2 Å². The van der Waals surface area contributed by atoms with Gasteiger partial charge in [0, 0.05) is 12.1 Å². The lowest BCUT2D eigenvalue weighted by atomic mass is 10.2. The molecule has 158 valence electrons. The Hall–Kier alpha value is -2.68. The first-order valence-corrected chi connectivity index (χ1v) is 8.60. The molecular weight excluding hydrogens is 418 g/mol. The summed E-state index contributed by atoms with van der Waals surface area (Å²) < 4.78 is 68.0. The molecule has 0 saturated heterocycles. The number of methoxy groups -OCH3 is 1. The van der Waals surface area contributed by atoms with Gasteiger partial charge in [0.25, 0.3) is 0 Å². The minimum atomic E-state index is -4.59. The van der Waals surface area contributed by atoms with Crippen molar-refractivity contribution in [3.63, 3.8) is 0 Å². The van der Waals surface area contributed by atoms with Crippen LogP contribution in [0.2, 0.25) is 5.02 Å². The van der Waals surface area contributed by atoms with E-state index in [1.165, 1.54) is 7.11 Å². The highest BCUT2D eigenvalue weighted by Gasteiger charge is 2.31. The van der Waals surface area contributed by atoms with Crippen LogP contribution in [0.3, 0.4) is 0 Å². The predicted molar refractivity (Wildman–Crippen MR) is 99.3 cm³/mol. The number of carbonyl (C=O) groups excluding carboxylic acids is 1. The Kier molecular flexibility index (Phi) is 6.52. The fraction of sp³-hybridized carbons (Fsp3) is 0.316. The smallest absolute Gasteiger partial charge is 0.416 e. The molecule has 5 nitrogen and oxygen atoms in total. The van der Waals surface area contributed by atoms with E-state index in [1.807, 2.05) is 0 Å². The van der Waals surface area contributed by atoms with Crippen LogP contribution < -0.4 is 14.8 Å². The fourth-order valence-corrected chi connectivity index (χ4v) is 2.39. The molecule has 2 aromatic rings. The Morgan fingerprint density at radius 1 is 1.03 bits per heavy atom. The SMILES string of the molecule is COc1cc(F)c(Oc2ccc(C(F)(F)F)cc2Cl)cc1NC(=O)OC(C)(C)C. The molecule has 0 aliphatic rings. The third-order valence-electron chi connectivity index (χ3n) is 3.37. The number of benzene rings is 2. The summed E-state index contributed by atoms with van der Waals surface area (Å²) in [5.41, 5.74) is -1.72. The lowest BCUT2D eigenvalue weighted by Crippen LogP contribution is -2.27. The first-order valence-electron chi connectivity index (χ1n) is 8.22. The lowest BCUT2D eigenvalue weighted by Gasteiger charge is -2.20. The first kappa shape index (κ1) is 22.6. The predicted octanol–water partition coefficient (Wildman–Crippen LogP) is 6.65. The van der Waals surface area contributed by atoms with Crippen molar-refractivity contribution in [1.29, 1.82) is 0 Å². The quantitative estimate of drug-likeness (QED) is 0.546. The van der Waals surface area contributed by atoms with Gasteiger partial charge in [-0.05, 0) is 39.0 Å². The molecule has 10 heteroatoms. The van der Waals surface area contributed by atoms with Crippen molar-refractivity contribution in [2.75, 3.05) is 12.4 Å². The Labute approximate surface area is 169 Å². The van der Waals surface area contributed by atoms with Crippen LogP contribution in [-0.4, -0.2) is 18.8 Å². The Bertz CT molecular complexity index is 910. The number of halogens is 5. The van der Waals surface area contributed by atoms with Crippen LogP contribution in [0.5, 0.6) is 17.2 Å². The minimum absolute atomic E-state index is 0.0146. The van der Waals surface area contributed by atoms with E-state index in [0.717, 1.165) is 24.3 Å². The molecule has 0 spiro atoms. The second kappa shape index (κ2) is 8.36. The zero-order valence-corrected chi connectivity index (χ0v) is 16.7. The Morgan fingerprint density at radius 2 is 1.69 bits per heavy atom. The number of alkyl halides is 3. The van der Waals surface area contributed by atoms with Crippen LogP contribution >= 0.6 is 11.6 Å². The summed E-state index contributed by atoms with van der Waals surface area (Å²) in [6.07, 6.45) is -5.40. The third kappa shape index (κ3) is 6.15. The van der Waals surface area contributed by atoms with E-state index in [9.17, 15) is 22.4 Å². The van der Waals surface area contributed by atoms with Crippen molar-refractivity contribution in [1.82, 2.24) is 0 Å². The summed E-state index contributed by atoms with van der Waals surface area (Å²) in [6, 6.07) is 4.43. The summed E-state index contributed by atoms with van der Waals surface area (Å²) >= 11 is 5.83. The molecule has 0 bridgehead atoms. The molecule has 2 rings (SSSR count). The van der Waals surface area contributed by atoms with Gasteiger partial charge >= 0.3 is 12.3 Å². The second-order valence-corrected chi connectivity index (χ2v) is 7.26. The summed E-state index contributed by atoms with van der Waals surface area (Å²) in [7, 11) is 1.27. The van der Waals surface area contributed by atoms with Gasteiger partial charge in [-0.1, -0.05) is 11.6 Å². The van der Waals surface area contributed by atoms with Gasteiger partial charge in [-0.15, -0.1) is 0 Å². The minimum Gasteiger partial charge on any atom is -0.494 e. The number of nitrogens with one attached hydrogen (secondary N) is 1. The van der Waals surface area contributed by atoms with Gasteiger partial charge in [-0.3, -0.25) is 5.32 Å². The number of hydrogen-bond acceptors (Lipinski definition) is 4. The topological polar surface area (TPSA) is 56.8 Å². The molecule has 0 fully saturated rings. The number of hydrogen-bond donors (Lipinski definition) is 1. The van der Waals surface area contributed by atoms with Crippen LogP contribution in [0.25, 0.3) is 0 Å². The molecule has 1 N–H and O–H groups in total. The molecule has 0 aliphatic heterocycles. The molecule has 1 amide bonds. The van der Waals surface area contributed by atoms with E-state index >= 15 is 0 Å². The fourth-order valence-electron chi connectivity index (χ4n) is 2.17. The van der Waals surface area contributed by atoms with E-state index in [4.69, 9.17) is 25.8 Å². The number of carbonyl (C=O) groups is 1. The van der Waals surface area contributed by atoms with Gasteiger partial charge in [-0.25, -0.2) is 9.18 Å². The number of anilines is 1. The van der Waals surface area contributed by atoms with E-state index in [0.29, 0.717) is 6.07 Å². The van der Waals surface area contributed by atoms with Crippen LogP contribution in [0.4, 0.5) is 28.0 Å². The average molecular weight is 436 g/mol. The van der Waals surface area contributed by atoms with Crippen LogP contribution in [-0.2, 0) is 10.9 Å². The van der Waals surface area contributed by atoms with Gasteiger partial charge < -0.3 is 14.2 Å². The molecule has 0 aliphatic carbocycles. The highest BCUT2D eigenvalue weighted by Crippen LogP contribution is 2.39. The molecule has 0 saturated carbocycles. The van der Waals surface area contributed by atoms with Crippen LogP contribution in [0.1, 0.15) is 26.3 Å². The average Bonchev–Trinajstić information content (AvgIpc) is 2.56. The van der Waals surface area contributed by atoms with E-state index < -0.39 is 35.0 Å². The van der Waals surface area contributed by atoms with Crippen molar-refractivity contribution in [2.24, 2.45) is 0 Å².